The van der Waals surface area contributed by atoms with Gasteiger partial charge in [0, 0.05) is 19.0 Å². The van der Waals surface area contributed by atoms with Gasteiger partial charge in [-0.2, -0.15) is 0 Å². The molecule has 0 spiro atoms. The maximum atomic E-state index is 11.9. The number of hydrogen-bond donors (Lipinski definition) is 2. The highest BCUT2D eigenvalue weighted by Gasteiger charge is 2.26. The average Bonchev–Trinajstić information content (AvgIpc) is 2.31. The van der Waals surface area contributed by atoms with Crippen LogP contribution in [0.4, 0.5) is 5.69 Å². The molecule has 1 amide bonds. The second kappa shape index (κ2) is 6.07. The van der Waals surface area contributed by atoms with Gasteiger partial charge in [-0.3, -0.25) is 4.79 Å². The third-order valence-electron chi connectivity index (χ3n) is 3.06. The highest BCUT2D eigenvalue weighted by Crippen LogP contribution is 2.16. The Morgan fingerprint density at radius 3 is 2.95 bits per heavy atom. The van der Waals surface area contributed by atoms with Crippen LogP contribution in [-0.4, -0.2) is 43.4 Å². The number of anilines is 1. The summed E-state index contributed by atoms with van der Waals surface area (Å²) in [4.78, 5) is 16.0. The summed E-state index contributed by atoms with van der Waals surface area (Å²) >= 11 is 5.74. The van der Waals surface area contributed by atoms with Crippen LogP contribution < -0.4 is 10.6 Å². The molecule has 2 rings (SSSR count). The molecule has 0 bridgehead atoms. The van der Waals surface area contributed by atoms with E-state index in [2.05, 4.69) is 15.6 Å². The van der Waals surface area contributed by atoms with Gasteiger partial charge in [0.2, 0.25) is 5.91 Å². The van der Waals surface area contributed by atoms with Crippen LogP contribution in [0.25, 0.3) is 0 Å². The van der Waals surface area contributed by atoms with E-state index in [1.807, 2.05) is 0 Å². The minimum Gasteiger partial charge on any atom is -0.324 e. The van der Waals surface area contributed by atoms with Gasteiger partial charge in [0.1, 0.15) is 5.15 Å². The van der Waals surface area contributed by atoms with E-state index < -0.39 is 9.84 Å². The van der Waals surface area contributed by atoms with Gasteiger partial charge in [-0.05, 0) is 19.1 Å². The lowest BCUT2D eigenvalue weighted by molar-refractivity contribution is -0.116. The number of carbonyl (C=O) groups is 1. The first-order valence-electron chi connectivity index (χ1n) is 6.22. The molecule has 110 valence electrons. The minimum atomic E-state index is -3.04. The second-order valence-electron chi connectivity index (χ2n) is 4.78. The van der Waals surface area contributed by atoms with Crippen LogP contribution in [0.15, 0.2) is 12.1 Å². The van der Waals surface area contributed by atoms with Crippen molar-refractivity contribution in [2.45, 2.75) is 19.4 Å². The zero-order valence-corrected chi connectivity index (χ0v) is 12.6. The van der Waals surface area contributed by atoms with E-state index in [4.69, 9.17) is 11.6 Å². The number of nitrogens with zero attached hydrogens (tertiary/aromatic N) is 1. The summed E-state index contributed by atoms with van der Waals surface area (Å²) in [6.45, 7) is 2.13. The first-order chi connectivity index (χ1) is 9.35. The first kappa shape index (κ1) is 15.2. The van der Waals surface area contributed by atoms with Crippen molar-refractivity contribution in [1.29, 1.82) is 0 Å². The van der Waals surface area contributed by atoms with Gasteiger partial charge in [-0.1, -0.05) is 11.6 Å². The predicted octanol–water partition coefficient (Wildman–Crippen LogP) is 0.759. The number of sulfone groups is 1. The number of hydrogen-bond acceptors (Lipinski definition) is 5. The molecule has 8 heteroatoms. The van der Waals surface area contributed by atoms with Crippen LogP contribution in [0.2, 0.25) is 5.15 Å². The highest BCUT2D eigenvalue weighted by atomic mass is 35.5. The van der Waals surface area contributed by atoms with Gasteiger partial charge in [0.25, 0.3) is 0 Å². The van der Waals surface area contributed by atoms with Gasteiger partial charge in [0.15, 0.2) is 9.84 Å². The first-order valence-corrected chi connectivity index (χ1v) is 8.42. The Morgan fingerprint density at radius 1 is 1.55 bits per heavy atom. The maximum absolute atomic E-state index is 11.9. The smallest absolute Gasteiger partial charge is 0.226 e. The lowest BCUT2D eigenvalue weighted by Gasteiger charge is -2.23. The van der Waals surface area contributed by atoms with Crippen LogP contribution in [0, 0.1) is 6.92 Å². The number of aromatic nitrogens is 1. The molecule has 1 aliphatic heterocycles. The van der Waals surface area contributed by atoms with E-state index in [9.17, 15) is 13.2 Å². The van der Waals surface area contributed by atoms with E-state index in [1.54, 1.807) is 19.1 Å². The van der Waals surface area contributed by atoms with Crippen molar-refractivity contribution in [1.82, 2.24) is 10.3 Å². The molecule has 20 heavy (non-hydrogen) atoms. The zero-order valence-electron chi connectivity index (χ0n) is 11.0. The van der Waals surface area contributed by atoms with Crippen LogP contribution in [0.3, 0.4) is 0 Å². The fourth-order valence-corrected chi connectivity index (χ4v) is 3.72. The summed E-state index contributed by atoms with van der Waals surface area (Å²) in [5, 5.41) is 6.12. The van der Waals surface area contributed by atoms with Gasteiger partial charge >= 0.3 is 0 Å². The van der Waals surface area contributed by atoms with Crippen molar-refractivity contribution in [2.75, 3.05) is 23.4 Å². The number of rotatable bonds is 3. The third-order valence-corrected chi connectivity index (χ3v) is 5.01. The summed E-state index contributed by atoms with van der Waals surface area (Å²) in [6.07, 6.45) is 0.112. The molecule has 6 nitrogen and oxygen atoms in total. The molecule has 1 aliphatic rings. The second-order valence-corrected chi connectivity index (χ2v) is 7.40. The Bertz CT molecular complexity index is 618. The Kier molecular flexibility index (Phi) is 4.62. The molecule has 0 radical (unpaired) electrons. The molecular weight excluding hydrogens is 302 g/mol. The Labute approximate surface area is 122 Å². The van der Waals surface area contributed by atoms with Gasteiger partial charge in [0.05, 0.1) is 22.9 Å². The summed E-state index contributed by atoms with van der Waals surface area (Å²) in [7, 11) is -3.04. The summed E-state index contributed by atoms with van der Waals surface area (Å²) in [5.74, 6) is -0.115. The molecule has 0 aliphatic carbocycles. The molecular formula is C12H16ClN3O3S. The SMILES string of the molecule is Cc1nc(Cl)ccc1NC(=O)CC1CS(=O)(=O)CCN1. The van der Waals surface area contributed by atoms with Crippen molar-refractivity contribution >= 4 is 33.0 Å². The van der Waals surface area contributed by atoms with Crippen LogP contribution in [0.1, 0.15) is 12.1 Å². The molecule has 1 aromatic rings. The standard InChI is InChI=1S/C12H16ClN3O3S/c1-8-10(2-3-11(13)15-8)16-12(17)6-9-7-20(18,19)5-4-14-9/h2-3,9,14H,4-7H2,1H3,(H,16,17). The van der Waals surface area contributed by atoms with E-state index >= 15 is 0 Å². The highest BCUT2D eigenvalue weighted by molar-refractivity contribution is 7.91. The van der Waals surface area contributed by atoms with Crippen molar-refractivity contribution in [2.24, 2.45) is 0 Å². The summed E-state index contributed by atoms with van der Waals surface area (Å²) in [5.41, 5.74) is 1.20. The number of nitrogens with one attached hydrogen (secondary N) is 2. The number of halogens is 1. The van der Waals surface area contributed by atoms with Crippen molar-refractivity contribution in [3.63, 3.8) is 0 Å². The largest absolute Gasteiger partial charge is 0.324 e. The van der Waals surface area contributed by atoms with Crippen molar-refractivity contribution in [3.05, 3.63) is 23.0 Å². The van der Waals surface area contributed by atoms with E-state index in [0.717, 1.165) is 0 Å². The molecule has 1 unspecified atom stereocenters. The summed E-state index contributed by atoms with van der Waals surface area (Å²) < 4.78 is 23.0. The molecule has 1 fully saturated rings. The lowest BCUT2D eigenvalue weighted by atomic mass is 10.2. The maximum Gasteiger partial charge on any atom is 0.226 e. The normalized spacial score (nSPS) is 21.4. The predicted molar refractivity (Wildman–Crippen MR) is 77.7 cm³/mol. The number of amides is 1. The minimum absolute atomic E-state index is 0.00172. The quantitative estimate of drug-likeness (QED) is 0.804. The fraction of sp³-hybridized carbons (Fsp3) is 0.500. The molecule has 2 heterocycles. The van der Waals surface area contributed by atoms with Crippen molar-refractivity contribution < 1.29 is 13.2 Å². The topological polar surface area (TPSA) is 88.2 Å². The molecule has 1 atom stereocenters. The molecule has 0 saturated carbocycles. The third kappa shape index (κ3) is 4.16. The van der Waals surface area contributed by atoms with Crippen molar-refractivity contribution in [3.8, 4) is 0 Å². The van der Waals surface area contributed by atoms with Gasteiger partial charge < -0.3 is 10.6 Å². The van der Waals surface area contributed by atoms with Crippen LogP contribution >= 0.6 is 11.6 Å². The molecule has 0 aromatic carbocycles. The lowest BCUT2D eigenvalue weighted by Crippen LogP contribution is -2.46. The molecule has 2 N–H and O–H groups in total. The molecule has 1 aromatic heterocycles. The number of pyridine rings is 1. The summed E-state index contributed by atoms with van der Waals surface area (Å²) in [6, 6.07) is 2.93. The Morgan fingerprint density at radius 2 is 2.30 bits per heavy atom. The van der Waals surface area contributed by atoms with E-state index in [1.165, 1.54) is 0 Å². The Balaban J connectivity index is 1.95. The van der Waals surface area contributed by atoms with Crippen LogP contribution in [-0.2, 0) is 14.6 Å². The zero-order chi connectivity index (χ0) is 14.8. The van der Waals surface area contributed by atoms with Crippen LogP contribution in [0.5, 0.6) is 0 Å². The number of carbonyl (C=O) groups excluding carboxylic acids is 1. The van der Waals surface area contributed by atoms with E-state index in [-0.39, 0.29) is 29.9 Å². The average molecular weight is 318 g/mol. The Hall–Kier alpha value is -1.18. The monoisotopic (exact) mass is 317 g/mol. The number of aryl methyl sites for hydroxylation is 1. The van der Waals surface area contributed by atoms with E-state index in [0.29, 0.717) is 23.1 Å². The van der Waals surface area contributed by atoms with Gasteiger partial charge in [-0.15, -0.1) is 0 Å². The van der Waals surface area contributed by atoms with Gasteiger partial charge in [-0.25, -0.2) is 13.4 Å². The molecule has 1 saturated heterocycles. The fourth-order valence-electron chi connectivity index (χ4n) is 2.09.